The molecule has 108 valence electrons. The fraction of sp³-hybridized carbons (Fsp3) is 0.0833. The molecule has 0 atom stereocenters. The zero-order chi connectivity index (χ0) is 14.9. The maximum Gasteiger partial charge on any atom is 0.267 e. The molecule has 1 N–H and O–H groups in total. The highest BCUT2D eigenvalue weighted by atomic mass is 32.2. The lowest BCUT2D eigenvalue weighted by Crippen LogP contribution is -2.15. The zero-order valence-electron chi connectivity index (χ0n) is 11.0. The molecule has 0 aliphatic heterocycles. The van der Waals surface area contributed by atoms with E-state index in [2.05, 4.69) is 19.8 Å². The van der Waals surface area contributed by atoms with Gasteiger partial charge in [0.15, 0.2) is 0 Å². The number of benzene rings is 1. The molecule has 0 amide bonds. The molecule has 0 spiro atoms. The molecule has 0 saturated heterocycles. The molecule has 2 aromatic heterocycles. The van der Waals surface area contributed by atoms with Crippen LogP contribution in [0, 0.1) is 0 Å². The predicted octanol–water partition coefficient (Wildman–Crippen LogP) is 0.934. The Bertz CT molecular complexity index is 858. The lowest BCUT2D eigenvalue weighted by atomic mass is 10.3. The predicted molar refractivity (Wildman–Crippen MR) is 74.6 cm³/mol. The molecule has 0 aliphatic carbocycles. The van der Waals surface area contributed by atoms with Crippen LogP contribution >= 0.6 is 0 Å². The van der Waals surface area contributed by atoms with Crippen LogP contribution in [0.5, 0.6) is 5.75 Å². The molecule has 0 fully saturated rings. The van der Waals surface area contributed by atoms with E-state index in [0.29, 0.717) is 5.78 Å². The Kier molecular flexibility index (Phi) is 3.18. The summed E-state index contributed by atoms with van der Waals surface area (Å²) in [5, 5.41) is 3.99. The van der Waals surface area contributed by atoms with E-state index in [1.54, 1.807) is 36.7 Å². The molecule has 2 heterocycles. The van der Waals surface area contributed by atoms with E-state index in [0.717, 1.165) is 0 Å². The molecule has 3 rings (SSSR count). The molecule has 0 radical (unpaired) electrons. The summed E-state index contributed by atoms with van der Waals surface area (Å²) >= 11 is 0. The van der Waals surface area contributed by atoms with E-state index in [-0.39, 0.29) is 16.6 Å². The Morgan fingerprint density at radius 2 is 2.05 bits per heavy atom. The van der Waals surface area contributed by atoms with Gasteiger partial charge in [-0.3, -0.25) is 0 Å². The maximum absolute atomic E-state index is 12.4. The van der Waals surface area contributed by atoms with Gasteiger partial charge in [0, 0.05) is 12.4 Å². The van der Waals surface area contributed by atoms with Crippen molar-refractivity contribution < 1.29 is 13.2 Å². The van der Waals surface area contributed by atoms with Gasteiger partial charge in [0.2, 0.25) is 0 Å². The van der Waals surface area contributed by atoms with Crippen LogP contribution in [0.15, 0.2) is 47.6 Å². The van der Waals surface area contributed by atoms with Crippen LogP contribution in [-0.4, -0.2) is 35.1 Å². The summed E-state index contributed by atoms with van der Waals surface area (Å²) < 4.78 is 33.4. The van der Waals surface area contributed by atoms with Gasteiger partial charge in [-0.05, 0) is 18.2 Å². The number of hydrogen-bond donors (Lipinski definition) is 1. The second kappa shape index (κ2) is 5.02. The van der Waals surface area contributed by atoms with E-state index in [1.807, 2.05) is 0 Å². The molecule has 0 bridgehead atoms. The average Bonchev–Trinajstić information content (AvgIpc) is 2.88. The maximum atomic E-state index is 12.4. The number of aromatic nitrogens is 4. The van der Waals surface area contributed by atoms with Gasteiger partial charge in [0.05, 0.1) is 7.11 Å². The Labute approximate surface area is 120 Å². The molecule has 0 saturated carbocycles. The number of nitrogens with one attached hydrogen (secondary N) is 1. The van der Waals surface area contributed by atoms with E-state index in [4.69, 9.17) is 4.74 Å². The van der Waals surface area contributed by atoms with Crippen molar-refractivity contribution in [2.24, 2.45) is 0 Å². The molecule has 21 heavy (non-hydrogen) atoms. The summed E-state index contributed by atoms with van der Waals surface area (Å²) in [6, 6.07) is 7.96. The van der Waals surface area contributed by atoms with Crippen LogP contribution in [0.3, 0.4) is 0 Å². The first-order valence-corrected chi connectivity index (χ1v) is 7.42. The van der Waals surface area contributed by atoms with Gasteiger partial charge in [-0.25, -0.2) is 22.6 Å². The number of nitrogens with zero attached hydrogens (tertiary/aromatic N) is 4. The van der Waals surface area contributed by atoms with Crippen LogP contribution in [0.2, 0.25) is 0 Å². The van der Waals surface area contributed by atoms with E-state index in [1.165, 1.54) is 17.7 Å². The van der Waals surface area contributed by atoms with Gasteiger partial charge in [-0.2, -0.15) is 4.98 Å². The third-order valence-electron chi connectivity index (χ3n) is 2.70. The summed E-state index contributed by atoms with van der Waals surface area (Å²) in [7, 11) is -2.44. The van der Waals surface area contributed by atoms with Gasteiger partial charge in [0.25, 0.3) is 21.7 Å². The molecule has 0 unspecified atom stereocenters. The SMILES string of the molecule is COc1ccccc1S(=O)(=O)Nc1nc2ncccn2n1. The molecule has 8 nitrogen and oxygen atoms in total. The molecule has 9 heteroatoms. The molecule has 1 aromatic carbocycles. The molecule has 3 aromatic rings. The number of sulfonamides is 1. The van der Waals surface area contributed by atoms with Crippen LogP contribution in [0.4, 0.5) is 5.95 Å². The fourth-order valence-corrected chi connectivity index (χ4v) is 2.90. The Morgan fingerprint density at radius 3 is 2.81 bits per heavy atom. The minimum Gasteiger partial charge on any atom is -0.495 e. The van der Waals surface area contributed by atoms with Crippen molar-refractivity contribution >= 4 is 21.7 Å². The second-order valence-corrected chi connectivity index (χ2v) is 5.71. The van der Waals surface area contributed by atoms with Crippen molar-refractivity contribution in [1.29, 1.82) is 0 Å². The van der Waals surface area contributed by atoms with Crippen LogP contribution in [0.25, 0.3) is 5.78 Å². The molecule has 0 aliphatic rings. The Morgan fingerprint density at radius 1 is 1.24 bits per heavy atom. The Balaban J connectivity index is 1.99. The fourth-order valence-electron chi connectivity index (χ4n) is 1.79. The first-order valence-electron chi connectivity index (χ1n) is 5.93. The van der Waals surface area contributed by atoms with E-state index < -0.39 is 10.0 Å². The van der Waals surface area contributed by atoms with Gasteiger partial charge < -0.3 is 4.74 Å². The zero-order valence-corrected chi connectivity index (χ0v) is 11.8. The first kappa shape index (κ1) is 13.3. The quantitative estimate of drug-likeness (QED) is 0.770. The van der Waals surface area contributed by atoms with Crippen molar-refractivity contribution in [3.8, 4) is 5.75 Å². The summed E-state index contributed by atoms with van der Waals surface area (Å²) in [5.41, 5.74) is 0. The average molecular weight is 305 g/mol. The van der Waals surface area contributed by atoms with Crippen molar-refractivity contribution in [1.82, 2.24) is 19.6 Å². The highest BCUT2D eigenvalue weighted by Crippen LogP contribution is 2.24. The number of rotatable bonds is 4. The lowest BCUT2D eigenvalue weighted by molar-refractivity contribution is 0.403. The molecular formula is C12H11N5O3S. The van der Waals surface area contributed by atoms with E-state index >= 15 is 0 Å². The van der Waals surface area contributed by atoms with Crippen molar-refractivity contribution in [3.05, 3.63) is 42.7 Å². The Hall–Kier alpha value is -2.68. The lowest BCUT2D eigenvalue weighted by Gasteiger charge is -2.08. The van der Waals surface area contributed by atoms with Gasteiger partial charge in [0.1, 0.15) is 10.6 Å². The monoisotopic (exact) mass is 305 g/mol. The standard InChI is InChI=1S/C12H11N5O3S/c1-20-9-5-2-3-6-10(9)21(18,19)16-11-14-12-13-7-4-8-17(12)15-11/h2-8H,1H3,(H,15,16). The minimum atomic E-state index is -3.84. The first-order chi connectivity index (χ1) is 10.1. The summed E-state index contributed by atoms with van der Waals surface area (Å²) in [6.45, 7) is 0. The van der Waals surface area contributed by atoms with Gasteiger partial charge in [-0.15, -0.1) is 5.10 Å². The largest absolute Gasteiger partial charge is 0.495 e. The summed E-state index contributed by atoms with van der Waals surface area (Å²) in [6.07, 6.45) is 3.17. The van der Waals surface area contributed by atoms with Crippen LogP contribution in [0.1, 0.15) is 0 Å². The molecular weight excluding hydrogens is 294 g/mol. The normalized spacial score (nSPS) is 11.5. The highest BCUT2D eigenvalue weighted by Gasteiger charge is 2.21. The number of fused-ring (bicyclic) bond motifs is 1. The number of ether oxygens (including phenoxy) is 1. The summed E-state index contributed by atoms with van der Waals surface area (Å²) in [5.74, 6) is 0.488. The number of anilines is 1. The van der Waals surface area contributed by atoms with E-state index in [9.17, 15) is 8.42 Å². The second-order valence-electron chi connectivity index (χ2n) is 4.06. The van der Waals surface area contributed by atoms with Crippen molar-refractivity contribution in [2.45, 2.75) is 4.90 Å². The number of hydrogen-bond acceptors (Lipinski definition) is 6. The van der Waals surface area contributed by atoms with Crippen molar-refractivity contribution in [2.75, 3.05) is 11.8 Å². The highest BCUT2D eigenvalue weighted by molar-refractivity contribution is 7.92. The topological polar surface area (TPSA) is 98.5 Å². The van der Waals surface area contributed by atoms with Crippen molar-refractivity contribution in [3.63, 3.8) is 0 Å². The van der Waals surface area contributed by atoms with Gasteiger partial charge >= 0.3 is 0 Å². The third kappa shape index (κ3) is 2.50. The number of para-hydroxylation sites is 1. The smallest absolute Gasteiger partial charge is 0.267 e. The number of methoxy groups -OCH3 is 1. The summed E-state index contributed by atoms with van der Waals surface area (Å²) in [4.78, 5) is 7.97. The minimum absolute atomic E-state index is 0.0133. The van der Waals surface area contributed by atoms with Gasteiger partial charge in [-0.1, -0.05) is 12.1 Å². The van der Waals surface area contributed by atoms with Crippen LogP contribution < -0.4 is 9.46 Å². The third-order valence-corrected chi connectivity index (χ3v) is 4.07. The van der Waals surface area contributed by atoms with Crippen LogP contribution in [-0.2, 0) is 10.0 Å².